The van der Waals surface area contributed by atoms with Crippen LogP contribution < -0.4 is 4.90 Å². The molecule has 3 heterocycles. The number of imide groups is 1. The number of carbonyl (C=O) groups is 2. The lowest BCUT2D eigenvalue weighted by Crippen LogP contribution is -2.44. The summed E-state index contributed by atoms with van der Waals surface area (Å²) < 4.78 is 0. The zero-order valence-electron chi connectivity index (χ0n) is 14.7. The van der Waals surface area contributed by atoms with Gasteiger partial charge in [-0.3, -0.25) is 9.59 Å². The molecule has 5 nitrogen and oxygen atoms in total. The summed E-state index contributed by atoms with van der Waals surface area (Å²) in [5.41, 5.74) is 1.37. The monoisotopic (exact) mass is 435 g/mol. The highest BCUT2D eigenvalue weighted by Gasteiger charge is 2.63. The molecule has 0 radical (unpaired) electrons. The molecular formula is C20H16Cl3N3O2. The van der Waals surface area contributed by atoms with E-state index in [-0.39, 0.29) is 22.9 Å². The highest BCUT2D eigenvalue weighted by molar-refractivity contribution is 6.38. The fraction of sp³-hybridized carbons (Fsp3) is 0.300. The molecule has 28 heavy (non-hydrogen) atoms. The first-order valence-corrected chi connectivity index (χ1v) is 10.2. The molecule has 2 aromatic carbocycles. The summed E-state index contributed by atoms with van der Waals surface area (Å²) in [6.45, 7) is 1.58. The first-order valence-electron chi connectivity index (χ1n) is 9.09. The Hall–Kier alpha value is -1.63. The second-order valence-corrected chi connectivity index (χ2v) is 8.53. The summed E-state index contributed by atoms with van der Waals surface area (Å²) in [5.74, 6) is -0.947. The molecule has 3 fully saturated rings. The van der Waals surface area contributed by atoms with Gasteiger partial charge in [0, 0.05) is 23.1 Å². The van der Waals surface area contributed by atoms with Gasteiger partial charge in [0.05, 0.1) is 22.7 Å². The van der Waals surface area contributed by atoms with Crippen molar-refractivity contribution in [2.24, 2.45) is 5.92 Å². The zero-order chi connectivity index (χ0) is 19.6. The minimum Gasteiger partial charge on any atom is -0.274 e. The van der Waals surface area contributed by atoms with Crippen molar-refractivity contribution < 1.29 is 9.59 Å². The average Bonchev–Trinajstić information content (AvgIpc) is 3.30. The quantitative estimate of drug-likeness (QED) is 0.663. The van der Waals surface area contributed by atoms with Gasteiger partial charge in [-0.25, -0.2) is 14.9 Å². The lowest BCUT2D eigenvalue weighted by Gasteiger charge is -2.30. The molecule has 3 saturated heterocycles. The molecule has 144 valence electrons. The predicted molar refractivity (Wildman–Crippen MR) is 108 cm³/mol. The third-order valence-corrected chi connectivity index (χ3v) is 6.56. The second kappa shape index (κ2) is 6.71. The molecule has 3 aliphatic heterocycles. The normalized spacial score (nSPS) is 27.5. The summed E-state index contributed by atoms with van der Waals surface area (Å²) in [6, 6.07) is 11.6. The third-order valence-electron chi connectivity index (χ3n) is 5.77. The zero-order valence-corrected chi connectivity index (χ0v) is 17.0. The number of benzene rings is 2. The number of amides is 2. The SMILES string of the molecule is O=C1[C@H]2[C@@H](c3ccc(Cl)cc3)N3CCCN3[C@H]2C(=O)N1c1ccc(Cl)cc1Cl. The van der Waals surface area contributed by atoms with Crippen molar-refractivity contribution in [1.29, 1.82) is 0 Å². The van der Waals surface area contributed by atoms with E-state index in [0.717, 1.165) is 25.1 Å². The van der Waals surface area contributed by atoms with Crippen LogP contribution in [0, 0.1) is 5.92 Å². The van der Waals surface area contributed by atoms with Gasteiger partial charge in [-0.05, 0) is 42.3 Å². The van der Waals surface area contributed by atoms with Crippen LogP contribution in [0.4, 0.5) is 5.69 Å². The molecule has 0 aromatic heterocycles. The molecule has 3 aliphatic rings. The lowest BCUT2D eigenvalue weighted by molar-refractivity contribution is -0.126. The molecule has 2 aromatic rings. The van der Waals surface area contributed by atoms with Crippen LogP contribution in [-0.4, -0.2) is 41.0 Å². The van der Waals surface area contributed by atoms with Gasteiger partial charge in [0.25, 0.3) is 5.91 Å². The van der Waals surface area contributed by atoms with Crippen molar-refractivity contribution >= 4 is 52.3 Å². The van der Waals surface area contributed by atoms with E-state index in [4.69, 9.17) is 34.8 Å². The van der Waals surface area contributed by atoms with Gasteiger partial charge < -0.3 is 0 Å². The molecule has 5 rings (SSSR count). The fourth-order valence-corrected chi connectivity index (χ4v) is 5.29. The minimum atomic E-state index is -0.512. The number of rotatable bonds is 2. The number of halogens is 3. The Morgan fingerprint density at radius 2 is 1.43 bits per heavy atom. The molecule has 0 N–H and O–H groups in total. The van der Waals surface area contributed by atoms with Gasteiger partial charge in [-0.1, -0.05) is 46.9 Å². The smallest absolute Gasteiger partial charge is 0.253 e. The Bertz CT molecular complexity index is 981. The standard InChI is InChI=1S/C20H16Cl3N3O2/c21-12-4-2-11(3-5-12)17-16-18(25-9-1-8-24(17)25)20(28)26(19(16)27)15-7-6-13(22)10-14(15)23/h2-7,10,16-18H,1,8-9H2/t16-,17+,18+/m0/s1. The first kappa shape index (κ1) is 18.4. The Morgan fingerprint density at radius 3 is 2.11 bits per heavy atom. The first-order chi connectivity index (χ1) is 13.5. The van der Waals surface area contributed by atoms with Crippen molar-refractivity contribution in [1.82, 2.24) is 10.0 Å². The van der Waals surface area contributed by atoms with Gasteiger partial charge in [0.1, 0.15) is 6.04 Å². The highest BCUT2D eigenvalue weighted by Crippen LogP contribution is 2.49. The topological polar surface area (TPSA) is 43.9 Å². The van der Waals surface area contributed by atoms with Crippen molar-refractivity contribution in [2.75, 3.05) is 18.0 Å². The molecule has 3 atom stereocenters. The van der Waals surface area contributed by atoms with Crippen LogP contribution in [-0.2, 0) is 9.59 Å². The molecule has 0 aliphatic carbocycles. The van der Waals surface area contributed by atoms with Crippen molar-refractivity contribution in [2.45, 2.75) is 18.5 Å². The van der Waals surface area contributed by atoms with Crippen LogP contribution in [0.3, 0.4) is 0 Å². The highest BCUT2D eigenvalue weighted by atomic mass is 35.5. The lowest BCUT2D eigenvalue weighted by atomic mass is 9.90. The van der Waals surface area contributed by atoms with Gasteiger partial charge in [-0.2, -0.15) is 0 Å². The number of anilines is 1. The summed E-state index contributed by atoms with van der Waals surface area (Å²) in [6.07, 6.45) is 0.955. The van der Waals surface area contributed by atoms with Crippen LogP contribution >= 0.6 is 34.8 Å². The number of hydrazine groups is 1. The van der Waals surface area contributed by atoms with E-state index >= 15 is 0 Å². The number of hydrogen-bond donors (Lipinski definition) is 0. The van der Waals surface area contributed by atoms with E-state index in [1.165, 1.54) is 4.90 Å². The molecule has 0 bridgehead atoms. The number of carbonyl (C=O) groups excluding carboxylic acids is 2. The van der Waals surface area contributed by atoms with Crippen LogP contribution in [0.15, 0.2) is 42.5 Å². The van der Waals surface area contributed by atoms with E-state index in [1.54, 1.807) is 18.2 Å². The van der Waals surface area contributed by atoms with E-state index in [2.05, 4.69) is 5.01 Å². The van der Waals surface area contributed by atoms with Crippen LogP contribution in [0.25, 0.3) is 0 Å². The van der Waals surface area contributed by atoms with Crippen LogP contribution in [0.5, 0.6) is 0 Å². The Labute approximate surface area is 177 Å². The maximum Gasteiger partial charge on any atom is 0.253 e. The van der Waals surface area contributed by atoms with Crippen LogP contribution in [0.2, 0.25) is 15.1 Å². The average molecular weight is 437 g/mol. The van der Waals surface area contributed by atoms with E-state index in [0.29, 0.717) is 15.7 Å². The van der Waals surface area contributed by atoms with Gasteiger partial charge in [-0.15, -0.1) is 0 Å². The largest absolute Gasteiger partial charge is 0.274 e. The van der Waals surface area contributed by atoms with Crippen molar-refractivity contribution in [3.05, 3.63) is 63.1 Å². The molecule has 0 unspecified atom stereocenters. The summed E-state index contributed by atoms with van der Waals surface area (Å²) >= 11 is 18.3. The van der Waals surface area contributed by atoms with Crippen molar-refractivity contribution in [3.63, 3.8) is 0 Å². The molecular weight excluding hydrogens is 421 g/mol. The predicted octanol–water partition coefficient (Wildman–Crippen LogP) is 4.18. The van der Waals surface area contributed by atoms with Gasteiger partial charge in [0.15, 0.2) is 0 Å². The maximum absolute atomic E-state index is 13.5. The molecule has 8 heteroatoms. The summed E-state index contributed by atoms with van der Waals surface area (Å²) in [4.78, 5) is 28.0. The minimum absolute atomic E-state index is 0.197. The maximum atomic E-state index is 13.5. The van der Waals surface area contributed by atoms with Gasteiger partial charge in [0.2, 0.25) is 5.91 Å². The number of hydrogen-bond acceptors (Lipinski definition) is 4. The molecule has 0 saturated carbocycles. The fourth-order valence-electron chi connectivity index (χ4n) is 4.67. The van der Waals surface area contributed by atoms with E-state index in [1.807, 2.05) is 29.3 Å². The van der Waals surface area contributed by atoms with E-state index in [9.17, 15) is 9.59 Å². The number of fused-ring (bicyclic) bond motifs is 3. The van der Waals surface area contributed by atoms with Crippen LogP contribution in [0.1, 0.15) is 18.0 Å². The third kappa shape index (κ3) is 2.61. The summed E-state index contributed by atoms with van der Waals surface area (Å²) in [5, 5.41) is 5.59. The molecule has 2 amide bonds. The Morgan fingerprint density at radius 1 is 0.786 bits per heavy atom. The summed E-state index contributed by atoms with van der Waals surface area (Å²) in [7, 11) is 0. The van der Waals surface area contributed by atoms with Gasteiger partial charge >= 0.3 is 0 Å². The van der Waals surface area contributed by atoms with E-state index < -0.39 is 12.0 Å². The molecule has 0 spiro atoms. The number of nitrogens with zero attached hydrogens (tertiary/aromatic N) is 3. The van der Waals surface area contributed by atoms with Crippen molar-refractivity contribution in [3.8, 4) is 0 Å². The second-order valence-electron chi connectivity index (χ2n) is 7.25. The Balaban J connectivity index is 1.59. The Kier molecular flexibility index (Phi) is 4.41.